The van der Waals surface area contributed by atoms with E-state index in [0.717, 1.165) is 42.7 Å². The van der Waals surface area contributed by atoms with Crippen LogP contribution in [0.2, 0.25) is 0 Å². The van der Waals surface area contributed by atoms with Crippen molar-refractivity contribution >= 4 is 16.8 Å². The van der Waals surface area contributed by atoms with E-state index >= 15 is 0 Å². The quantitative estimate of drug-likeness (QED) is 0.391. The summed E-state index contributed by atoms with van der Waals surface area (Å²) in [7, 11) is 0. The van der Waals surface area contributed by atoms with Crippen LogP contribution in [-0.4, -0.2) is 50.6 Å². The summed E-state index contributed by atoms with van der Waals surface area (Å²) >= 11 is 0. The van der Waals surface area contributed by atoms with Crippen LogP contribution in [0.5, 0.6) is 5.75 Å². The molecule has 2 aromatic carbocycles. The number of benzene rings is 2. The number of H-pyrrole nitrogens is 1. The highest BCUT2D eigenvalue weighted by Crippen LogP contribution is 2.29. The number of rotatable bonds is 7. The topological polar surface area (TPSA) is 82.1 Å². The van der Waals surface area contributed by atoms with Gasteiger partial charge < -0.3 is 10.0 Å². The lowest BCUT2D eigenvalue weighted by Gasteiger charge is -2.16. The average Bonchev–Trinajstić information content (AvgIpc) is 3.46. The third kappa shape index (κ3) is 4.52. The van der Waals surface area contributed by atoms with Gasteiger partial charge >= 0.3 is 0 Å². The number of likely N-dealkylation sites (tertiary alicyclic amines) is 1. The fourth-order valence-electron chi connectivity index (χ4n) is 4.81. The van der Waals surface area contributed by atoms with Crippen LogP contribution in [0, 0.1) is 6.92 Å². The van der Waals surface area contributed by atoms with E-state index in [0.29, 0.717) is 29.2 Å². The van der Waals surface area contributed by atoms with Crippen LogP contribution in [0.1, 0.15) is 46.8 Å². The summed E-state index contributed by atoms with van der Waals surface area (Å²) in [6.07, 6.45) is 2.49. The van der Waals surface area contributed by atoms with Gasteiger partial charge in [-0.1, -0.05) is 30.3 Å². The number of nitrogens with zero attached hydrogens (tertiary/aromatic N) is 3. The summed E-state index contributed by atoms with van der Waals surface area (Å²) in [5.74, 6) is 0.900. The molecule has 2 aromatic heterocycles. The molecule has 2 N–H and O–H groups in total. The number of aromatic amines is 1. The number of aryl methyl sites for hydroxylation is 1. The fourth-order valence-corrected chi connectivity index (χ4v) is 4.81. The number of hydrogen-bond donors (Lipinski definition) is 2. The highest BCUT2D eigenvalue weighted by Gasteiger charge is 2.24. The number of aromatic nitrogens is 3. The molecule has 0 aliphatic carbocycles. The maximum Gasteiger partial charge on any atom is 0.182 e. The lowest BCUT2D eigenvalue weighted by Crippen LogP contribution is -2.22. The Labute approximate surface area is 193 Å². The van der Waals surface area contributed by atoms with E-state index in [1.54, 1.807) is 24.3 Å². The third-order valence-corrected chi connectivity index (χ3v) is 6.59. The van der Waals surface area contributed by atoms with Crippen LogP contribution in [0.25, 0.3) is 22.3 Å². The molecule has 1 aliphatic rings. The highest BCUT2D eigenvalue weighted by molar-refractivity contribution is 6.08. The lowest BCUT2D eigenvalue weighted by atomic mass is 9.99. The van der Waals surface area contributed by atoms with Crippen molar-refractivity contribution in [3.63, 3.8) is 0 Å². The van der Waals surface area contributed by atoms with Crippen molar-refractivity contribution in [2.24, 2.45) is 0 Å². The molecule has 6 heteroatoms. The normalized spacial score (nSPS) is 16.5. The molecule has 0 saturated carbocycles. The molecule has 0 bridgehead atoms. The van der Waals surface area contributed by atoms with Gasteiger partial charge in [0.2, 0.25) is 0 Å². The Balaban J connectivity index is 1.28. The van der Waals surface area contributed by atoms with Gasteiger partial charge in [-0.15, -0.1) is 0 Å². The molecule has 3 heterocycles. The number of carbonyl (C=O) groups excluding carboxylic acids is 1. The molecule has 33 heavy (non-hydrogen) atoms. The van der Waals surface area contributed by atoms with Gasteiger partial charge in [0.05, 0.1) is 11.1 Å². The van der Waals surface area contributed by atoms with Crippen molar-refractivity contribution in [2.45, 2.75) is 32.1 Å². The summed E-state index contributed by atoms with van der Waals surface area (Å²) in [6, 6.07) is 19.4. The van der Waals surface area contributed by atoms with E-state index in [-0.39, 0.29) is 11.5 Å². The van der Waals surface area contributed by atoms with E-state index < -0.39 is 0 Å². The molecule has 0 radical (unpaired) electrons. The van der Waals surface area contributed by atoms with Gasteiger partial charge in [0.25, 0.3) is 0 Å². The van der Waals surface area contributed by atoms with Gasteiger partial charge in [-0.2, -0.15) is 5.10 Å². The fraction of sp³-hybridized carbons (Fsp3) is 0.296. The molecule has 0 spiro atoms. The number of Topliss-reactive ketones (excluding diaryl/α,β-unsaturated/α-hetero) is 1. The number of pyridine rings is 1. The summed E-state index contributed by atoms with van der Waals surface area (Å²) < 4.78 is 0. The zero-order chi connectivity index (χ0) is 22.8. The summed E-state index contributed by atoms with van der Waals surface area (Å²) in [4.78, 5) is 20.4. The molecule has 4 aromatic rings. The second kappa shape index (κ2) is 9.16. The average molecular weight is 441 g/mol. The summed E-state index contributed by atoms with van der Waals surface area (Å²) in [5.41, 5.74) is 5.00. The SMILES string of the molecule is Cc1[nH]nc2nc(-c3ccc(O)cc3)cc(C(=O)CCCN3CCC(c4ccccc4)C3)c12. The first-order chi connectivity index (χ1) is 16.1. The van der Waals surface area contributed by atoms with Gasteiger partial charge in [-0.3, -0.25) is 9.89 Å². The molecule has 6 nitrogen and oxygen atoms in total. The Hall–Kier alpha value is -3.51. The second-order valence-corrected chi connectivity index (χ2v) is 8.87. The van der Waals surface area contributed by atoms with Crippen molar-refractivity contribution in [2.75, 3.05) is 19.6 Å². The van der Waals surface area contributed by atoms with Gasteiger partial charge in [0.15, 0.2) is 11.4 Å². The standard InChI is InChI=1S/C27H28N4O2/c1-18-26-23(16-24(28-27(26)30-29-18)20-9-11-22(32)12-10-20)25(33)8-5-14-31-15-13-21(17-31)19-6-3-2-4-7-19/h2-4,6-7,9-12,16,21,32H,5,8,13-15,17H2,1H3,(H,28,29,30). The molecule has 0 amide bonds. The minimum atomic E-state index is 0.116. The van der Waals surface area contributed by atoms with Crippen LogP contribution in [-0.2, 0) is 0 Å². The summed E-state index contributed by atoms with van der Waals surface area (Å²) in [5, 5.41) is 17.7. The zero-order valence-corrected chi connectivity index (χ0v) is 18.8. The van der Waals surface area contributed by atoms with Crippen molar-refractivity contribution in [3.8, 4) is 17.0 Å². The van der Waals surface area contributed by atoms with Gasteiger partial charge in [-0.05, 0) is 74.7 Å². The number of carbonyl (C=O) groups is 1. The largest absolute Gasteiger partial charge is 0.508 e. The van der Waals surface area contributed by atoms with E-state index in [4.69, 9.17) is 0 Å². The second-order valence-electron chi connectivity index (χ2n) is 8.87. The molecule has 1 fully saturated rings. The molecular formula is C27H28N4O2. The number of ketones is 1. The molecule has 1 aliphatic heterocycles. The Morgan fingerprint density at radius 1 is 1.15 bits per heavy atom. The van der Waals surface area contributed by atoms with Crippen LogP contribution in [0.15, 0.2) is 60.7 Å². The number of nitrogens with one attached hydrogen (secondary N) is 1. The van der Waals surface area contributed by atoms with Gasteiger partial charge in [0.1, 0.15) is 5.75 Å². The van der Waals surface area contributed by atoms with E-state index in [1.807, 2.05) is 13.0 Å². The number of hydrogen-bond acceptors (Lipinski definition) is 5. The Kier molecular flexibility index (Phi) is 5.92. The number of fused-ring (bicyclic) bond motifs is 1. The first-order valence-electron chi connectivity index (χ1n) is 11.5. The van der Waals surface area contributed by atoms with Crippen LogP contribution >= 0.6 is 0 Å². The van der Waals surface area contributed by atoms with Crippen LogP contribution < -0.4 is 0 Å². The lowest BCUT2D eigenvalue weighted by molar-refractivity contribution is 0.0977. The first-order valence-corrected chi connectivity index (χ1v) is 11.5. The minimum absolute atomic E-state index is 0.116. The smallest absolute Gasteiger partial charge is 0.182 e. The van der Waals surface area contributed by atoms with Crippen LogP contribution in [0.3, 0.4) is 0 Å². The first kappa shape index (κ1) is 21.3. The molecule has 1 unspecified atom stereocenters. The number of phenolic OH excluding ortho intramolecular Hbond substituents is 1. The van der Waals surface area contributed by atoms with Crippen molar-refractivity contribution in [1.29, 1.82) is 0 Å². The highest BCUT2D eigenvalue weighted by atomic mass is 16.3. The van der Waals surface area contributed by atoms with E-state index in [2.05, 4.69) is 50.4 Å². The molecule has 5 rings (SSSR count). The Bertz CT molecular complexity index is 1260. The van der Waals surface area contributed by atoms with Crippen LogP contribution in [0.4, 0.5) is 0 Å². The Morgan fingerprint density at radius 2 is 1.94 bits per heavy atom. The zero-order valence-electron chi connectivity index (χ0n) is 18.8. The molecule has 1 saturated heterocycles. The third-order valence-electron chi connectivity index (χ3n) is 6.59. The monoisotopic (exact) mass is 440 g/mol. The summed E-state index contributed by atoms with van der Waals surface area (Å²) in [6.45, 7) is 4.99. The number of aromatic hydroxyl groups is 1. The van der Waals surface area contributed by atoms with Crippen molar-refractivity contribution < 1.29 is 9.90 Å². The predicted octanol–water partition coefficient (Wildman–Crippen LogP) is 5.09. The van der Waals surface area contributed by atoms with Gasteiger partial charge in [0, 0.05) is 29.8 Å². The maximum absolute atomic E-state index is 13.3. The van der Waals surface area contributed by atoms with Crippen molar-refractivity contribution in [1.82, 2.24) is 20.1 Å². The molecular weight excluding hydrogens is 412 g/mol. The van der Waals surface area contributed by atoms with E-state index in [9.17, 15) is 9.90 Å². The molecule has 168 valence electrons. The minimum Gasteiger partial charge on any atom is -0.508 e. The molecule has 1 atom stereocenters. The Morgan fingerprint density at radius 3 is 2.73 bits per heavy atom. The van der Waals surface area contributed by atoms with Crippen molar-refractivity contribution in [3.05, 3.63) is 77.5 Å². The van der Waals surface area contributed by atoms with E-state index in [1.165, 1.54) is 12.0 Å². The van der Waals surface area contributed by atoms with Gasteiger partial charge in [-0.25, -0.2) is 4.98 Å². The predicted molar refractivity (Wildman–Crippen MR) is 130 cm³/mol. The number of phenols is 1. The maximum atomic E-state index is 13.3.